The van der Waals surface area contributed by atoms with Crippen molar-refractivity contribution in [3.05, 3.63) is 48.2 Å². The molecule has 0 unspecified atom stereocenters. The van der Waals surface area contributed by atoms with Crippen LogP contribution in [0.15, 0.2) is 42.6 Å². The Labute approximate surface area is 171 Å². The molecule has 2 aromatic rings. The third kappa shape index (κ3) is 5.40. The number of amides is 2. The van der Waals surface area contributed by atoms with Gasteiger partial charge in [0.25, 0.3) is 0 Å². The van der Waals surface area contributed by atoms with Gasteiger partial charge in [-0.25, -0.2) is 9.78 Å². The first-order chi connectivity index (χ1) is 14.3. The fraction of sp³-hybridized carbons (Fsp3) is 0.350. The first kappa shape index (κ1) is 21.4. The second-order valence-corrected chi connectivity index (χ2v) is 6.88. The summed E-state index contributed by atoms with van der Waals surface area (Å²) in [6.45, 7) is 0.868. The molecular weight excluding hydrogens is 401 g/mol. The zero-order valence-corrected chi connectivity index (χ0v) is 16.2. The van der Waals surface area contributed by atoms with Gasteiger partial charge in [0.1, 0.15) is 5.82 Å². The van der Waals surface area contributed by atoms with Gasteiger partial charge in [0.15, 0.2) is 0 Å². The molecule has 0 radical (unpaired) electrons. The number of aromatic nitrogens is 1. The number of hydrogen-bond donors (Lipinski definition) is 2. The van der Waals surface area contributed by atoms with Gasteiger partial charge in [-0.05, 0) is 49.2 Å². The number of methoxy groups -OCH3 is 1. The molecule has 7 nitrogen and oxygen atoms in total. The third-order valence-corrected chi connectivity index (χ3v) is 4.74. The number of carbonyl (C=O) groups excluding carboxylic acids is 2. The molecule has 1 atom stereocenters. The number of halogens is 3. The lowest BCUT2D eigenvalue weighted by Gasteiger charge is -2.30. The van der Waals surface area contributed by atoms with E-state index in [1.54, 1.807) is 24.3 Å². The second kappa shape index (κ2) is 9.02. The largest absolute Gasteiger partial charge is 0.453 e. The Morgan fingerprint density at radius 1 is 1.13 bits per heavy atom. The minimum atomic E-state index is -4.43. The minimum absolute atomic E-state index is 0.186. The van der Waals surface area contributed by atoms with Crippen molar-refractivity contribution in [1.82, 2.24) is 9.88 Å². The standard InChI is InChI=1S/C20H21F3N4O3/c1-30-19(29)27-10-2-3-13(12-27)18(28)26-16-7-5-15(6-8-16)25-17-9-4-14(11-24-17)20(21,22)23/h4-9,11,13H,2-3,10,12H2,1H3,(H,24,25)(H,26,28)/t13-/m0/s1. The van der Waals surface area contributed by atoms with E-state index in [1.807, 2.05) is 0 Å². The number of nitrogens with zero attached hydrogens (tertiary/aromatic N) is 2. The molecular formula is C20H21F3N4O3. The summed E-state index contributed by atoms with van der Waals surface area (Å²) in [5, 5.41) is 5.72. The number of anilines is 3. The van der Waals surface area contributed by atoms with Gasteiger partial charge in [-0.2, -0.15) is 13.2 Å². The van der Waals surface area contributed by atoms with Gasteiger partial charge < -0.3 is 20.3 Å². The van der Waals surface area contributed by atoms with Crippen LogP contribution in [0, 0.1) is 5.92 Å². The molecule has 0 bridgehead atoms. The summed E-state index contributed by atoms with van der Waals surface area (Å²) >= 11 is 0. The van der Waals surface area contributed by atoms with E-state index >= 15 is 0 Å². The number of rotatable bonds is 4. The highest BCUT2D eigenvalue weighted by atomic mass is 19.4. The minimum Gasteiger partial charge on any atom is -0.453 e. The fourth-order valence-electron chi connectivity index (χ4n) is 3.15. The van der Waals surface area contributed by atoms with E-state index in [1.165, 1.54) is 18.1 Å². The van der Waals surface area contributed by atoms with Crippen molar-refractivity contribution in [1.29, 1.82) is 0 Å². The Morgan fingerprint density at radius 3 is 2.43 bits per heavy atom. The van der Waals surface area contributed by atoms with Crippen molar-refractivity contribution in [2.75, 3.05) is 30.8 Å². The van der Waals surface area contributed by atoms with Crippen LogP contribution in [0.3, 0.4) is 0 Å². The molecule has 1 aromatic heterocycles. The Morgan fingerprint density at radius 2 is 1.83 bits per heavy atom. The average Bonchev–Trinajstić information content (AvgIpc) is 2.74. The molecule has 2 amide bonds. The smallest absolute Gasteiger partial charge is 0.417 e. The average molecular weight is 422 g/mol. The van der Waals surface area contributed by atoms with Crippen molar-refractivity contribution in [2.24, 2.45) is 5.92 Å². The van der Waals surface area contributed by atoms with E-state index in [2.05, 4.69) is 15.6 Å². The number of ether oxygens (including phenoxy) is 1. The van der Waals surface area contributed by atoms with Crippen LogP contribution in [0.2, 0.25) is 0 Å². The lowest BCUT2D eigenvalue weighted by atomic mass is 9.97. The number of piperidine rings is 1. The molecule has 2 heterocycles. The Kier molecular flexibility index (Phi) is 6.43. The van der Waals surface area contributed by atoms with Gasteiger partial charge >= 0.3 is 12.3 Å². The van der Waals surface area contributed by atoms with Gasteiger partial charge in [0, 0.05) is 30.7 Å². The van der Waals surface area contributed by atoms with Crippen molar-refractivity contribution in [3.8, 4) is 0 Å². The van der Waals surface area contributed by atoms with Crippen LogP contribution in [0.4, 0.5) is 35.2 Å². The SMILES string of the molecule is COC(=O)N1CCC[C@H](C(=O)Nc2ccc(Nc3ccc(C(F)(F)F)cn3)cc2)C1. The Bertz CT molecular complexity index is 886. The predicted molar refractivity (Wildman–Crippen MR) is 104 cm³/mol. The molecule has 10 heteroatoms. The zero-order chi connectivity index (χ0) is 21.7. The predicted octanol–water partition coefficient (Wildman–Crippen LogP) is 4.26. The van der Waals surface area contributed by atoms with Crippen LogP contribution in [-0.4, -0.2) is 42.1 Å². The number of carbonyl (C=O) groups is 2. The lowest BCUT2D eigenvalue weighted by molar-refractivity contribution is -0.137. The summed E-state index contributed by atoms with van der Waals surface area (Å²) in [6.07, 6.45) is -2.72. The first-order valence-corrected chi connectivity index (χ1v) is 9.30. The van der Waals surface area contributed by atoms with E-state index < -0.39 is 17.8 Å². The Hall–Kier alpha value is -3.30. The quantitative estimate of drug-likeness (QED) is 0.769. The van der Waals surface area contributed by atoms with Crippen LogP contribution < -0.4 is 10.6 Å². The molecule has 1 aliphatic heterocycles. The van der Waals surface area contributed by atoms with Gasteiger partial charge in [-0.15, -0.1) is 0 Å². The normalized spacial score (nSPS) is 16.7. The number of benzene rings is 1. The molecule has 0 aliphatic carbocycles. The molecule has 1 aromatic carbocycles. The monoisotopic (exact) mass is 422 g/mol. The topological polar surface area (TPSA) is 83.6 Å². The van der Waals surface area contributed by atoms with Gasteiger partial charge in [-0.1, -0.05) is 0 Å². The maximum atomic E-state index is 12.6. The number of alkyl halides is 3. The third-order valence-electron chi connectivity index (χ3n) is 4.74. The second-order valence-electron chi connectivity index (χ2n) is 6.88. The highest BCUT2D eigenvalue weighted by molar-refractivity contribution is 5.93. The lowest BCUT2D eigenvalue weighted by Crippen LogP contribution is -2.43. The molecule has 1 fully saturated rings. The summed E-state index contributed by atoms with van der Waals surface area (Å²) < 4.78 is 42.5. The molecule has 2 N–H and O–H groups in total. The number of likely N-dealkylation sites (tertiary alicyclic amines) is 1. The van der Waals surface area contributed by atoms with Crippen molar-refractivity contribution >= 4 is 29.2 Å². The highest BCUT2D eigenvalue weighted by Crippen LogP contribution is 2.29. The molecule has 0 saturated carbocycles. The van der Waals surface area contributed by atoms with Gasteiger partial charge in [0.05, 0.1) is 18.6 Å². The summed E-state index contributed by atoms with van der Waals surface area (Å²) in [6, 6.07) is 8.89. The molecule has 0 spiro atoms. The maximum absolute atomic E-state index is 12.6. The molecule has 1 aliphatic rings. The fourth-order valence-corrected chi connectivity index (χ4v) is 3.15. The zero-order valence-electron chi connectivity index (χ0n) is 16.2. The summed E-state index contributed by atoms with van der Waals surface area (Å²) in [7, 11) is 1.31. The van der Waals surface area contributed by atoms with Crippen LogP contribution in [0.1, 0.15) is 18.4 Å². The highest BCUT2D eigenvalue weighted by Gasteiger charge is 2.31. The van der Waals surface area contributed by atoms with E-state index in [-0.39, 0.29) is 17.6 Å². The van der Waals surface area contributed by atoms with Crippen molar-refractivity contribution in [2.45, 2.75) is 19.0 Å². The van der Waals surface area contributed by atoms with E-state index in [0.717, 1.165) is 18.7 Å². The van der Waals surface area contributed by atoms with Crippen molar-refractivity contribution in [3.63, 3.8) is 0 Å². The molecule has 3 rings (SSSR count). The summed E-state index contributed by atoms with van der Waals surface area (Å²) in [5.41, 5.74) is 0.357. The van der Waals surface area contributed by atoms with E-state index in [0.29, 0.717) is 30.9 Å². The van der Waals surface area contributed by atoms with Gasteiger partial charge in [-0.3, -0.25) is 4.79 Å². The summed E-state index contributed by atoms with van der Waals surface area (Å²) in [4.78, 5) is 29.4. The molecule has 30 heavy (non-hydrogen) atoms. The van der Waals surface area contributed by atoms with Crippen LogP contribution in [-0.2, 0) is 15.7 Å². The maximum Gasteiger partial charge on any atom is 0.417 e. The van der Waals surface area contributed by atoms with Crippen LogP contribution >= 0.6 is 0 Å². The Balaban J connectivity index is 1.56. The first-order valence-electron chi connectivity index (χ1n) is 9.30. The van der Waals surface area contributed by atoms with Crippen molar-refractivity contribution < 1.29 is 27.5 Å². The summed E-state index contributed by atoms with van der Waals surface area (Å²) in [5.74, 6) is -0.245. The molecule has 1 saturated heterocycles. The van der Waals surface area contributed by atoms with Crippen LogP contribution in [0.5, 0.6) is 0 Å². The number of nitrogens with one attached hydrogen (secondary N) is 2. The van der Waals surface area contributed by atoms with E-state index in [9.17, 15) is 22.8 Å². The number of hydrogen-bond acceptors (Lipinski definition) is 5. The van der Waals surface area contributed by atoms with Gasteiger partial charge in [0.2, 0.25) is 5.91 Å². The molecule has 160 valence electrons. The van der Waals surface area contributed by atoms with E-state index in [4.69, 9.17) is 4.74 Å². The van der Waals surface area contributed by atoms with Crippen LogP contribution in [0.25, 0.3) is 0 Å². The number of pyridine rings is 1.